The Morgan fingerprint density at radius 1 is 1.64 bits per heavy atom. The number of hydrazone groups is 1. The zero-order valence-electron chi connectivity index (χ0n) is 8.92. The Morgan fingerprint density at radius 2 is 2.29 bits per heavy atom. The number of hydrogen-bond donors (Lipinski definition) is 2. The van der Waals surface area contributed by atoms with E-state index in [9.17, 15) is 4.79 Å². The normalized spacial score (nSPS) is 23.1. The molecule has 4 nitrogen and oxygen atoms in total. The Balaban J connectivity index is 2.86. The summed E-state index contributed by atoms with van der Waals surface area (Å²) in [5, 5.41) is 4.00. The van der Waals surface area contributed by atoms with Crippen molar-refractivity contribution < 1.29 is 4.79 Å². The Kier molecular flexibility index (Phi) is 2.93. The van der Waals surface area contributed by atoms with Crippen LogP contribution in [0.1, 0.15) is 33.6 Å². The summed E-state index contributed by atoms with van der Waals surface area (Å²) in [6.07, 6.45) is 4.15. The Bertz CT molecular complexity index is 302. The van der Waals surface area contributed by atoms with Gasteiger partial charge in [-0.05, 0) is 25.8 Å². The molecule has 0 unspecified atom stereocenters. The number of allylic oxidation sites excluding steroid dienone is 2. The molecule has 78 valence electrons. The number of nitrogens with two attached hydrogens (primary N) is 1. The van der Waals surface area contributed by atoms with Gasteiger partial charge in [-0.25, -0.2) is 10.2 Å². The first-order valence-corrected chi connectivity index (χ1v) is 4.72. The maximum atomic E-state index is 10.5. The minimum atomic E-state index is -0.620. The number of nitrogens with one attached hydrogen (secondary N) is 1. The maximum absolute atomic E-state index is 10.5. The number of carbonyl (C=O) groups is 1. The van der Waals surface area contributed by atoms with Gasteiger partial charge < -0.3 is 5.73 Å². The molecule has 1 aliphatic carbocycles. The van der Waals surface area contributed by atoms with Crippen LogP contribution in [0.25, 0.3) is 0 Å². The lowest BCUT2D eigenvalue weighted by atomic mass is 9.77. The van der Waals surface area contributed by atoms with Crippen molar-refractivity contribution in [1.82, 2.24) is 5.43 Å². The number of hydrogen-bond acceptors (Lipinski definition) is 2. The van der Waals surface area contributed by atoms with Gasteiger partial charge in [-0.1, -0.05) is 19.4 Å². The zero-order chi connectivity index (χ0) is 10.8. The molecule has 0 atom stereocenters. The molecule has 0 aromatic carbocycles. The van der Waals surface area contributed by atoms with Crippen molar-refractivity contribution in [2.45, 2.75) is 33.6 Å². The van der Waals surface area contributed by atoms with Crippen LogP contribution in [0.2, 0.25) is 0 Å². The number of nitrogens with zero attached hydrogens (tertiary/aromatic N) is 1. The smallest absolute Gasteiger partial charge is 0.332 e. The van der Waals surface area contributed by atoms with Gasteiger partial charge in [0.1, 0.15) is 0 Å². The summed E-state index contributed by atoms with van der Waals surface area (Å²) in [4.78, 5) is 10.5. The topological polar surface area (TPSA) is 67.5 Å². The minimum Gasteiger partial charge on any atom is -0.350 e. The van der Waals surface area contributed by atoms with Crippen molar-refractivity contribution in [2.24, 2.45) is 16.3 Å². The summed E-state index contributed by atoms with van der Waals surface area (Å²) in [6, 6.07) is -0.620. The molecule has 0 fully saturated rings. The van der Waals surface area contributed by atoms with E-state index in [1.54, 1.807) is 0 Å². The number of amides is 2. The summed E-state index contributed by atoms with van der Waals surface area (Å²) < 4.78 is 0. The van der Waals surface area contributed by atoms with Gasteiger partial charge in [0.05, 0.1) is 5.71 Å². The van der Waals surface area contributed by atoms with Crippen LogP contribution >= 0.6 is 0 Å². The standard InChI is InChI=1S/C10H17N3O/c1-7-4-5-10(2,3)8(6-7)12-13-9(11)14/h6H,4-5H2,1-3H3,(H3,11,13,14)/b12-8-. The Morgan fingerprint density at radius 3 is 2.86 bits per heavy atom. The number of rotatable bonds is 1. The molecule has 0 aromatic rings. The van der Waals surface area contributed by atoms with Crippen LogP contribution < -0.4 is 11.2 Å². The lowest BCUT2D eigenvalue weighted by molar-refractivity contribution is 0.249. The van der Waals surface area contributed by atoms with Crippen molar-refractivity contribution in [3.8, 4) is 0 Å². The van der Waals surface area contributed by atoms with Gasteiger partial charge in [0.2, 0.25) is 0 Å². The third kappa shape index (κ3) is 2.58. The fraction of sp³-hybridized carbons (Fsp3) is 0.600. The van der Waals surface area contributed by atoms with Crippen LogP contribution in [0.15, 0.2) is 16.8 Å². The van der Waals surface area contributed by atoms with Crippen LogP contribution in [0.4, 0.5) is 4.79 Å². The number of urea groups is 1. The Hall–Kier alpha value is -1.32. The van der Waals surface area contributed by atoms with Gasteiger partial charge in [-0.2, -0.15) is 5.10 Å². The first kappa shape index (κ1) is 10.8. The number of primary amides is 1. The van der Waals surface area contributed by atoms with E-state index in [-0.39, 0.29) is 5.41 Å². The molecule has 0 spiro atoms. The van der Waals surface area contributed by atoms with Gasteiger partial charge in [-0.3, -0.25) is 0 Å². The molecule has 14 heavy (non-hydrogen) atoms. The first-order valence-electron chi connectivity index (χ1n) is 4.72. The molecule has 1 aliphatic rings. The van der Waals surface area contributed by atoms with Gasteiger partial charge in [0.25, 0.3) is 0 Å². The van der Waals surface area contributed by atoms with Gasteiger partial charge in [0.15, 0.2) is 0 Å². The molecular weight excluding hydrogens is 178 g/mol. The van der Waals surface area contributed by atoms with Crippen LogP contribution in [0, 0.1) is 5.41 Å². The van der Waals surface area contributed by atoms with E-state index in [1.807, 2.05) is 6.08 Å². The average molecular weight is 195 g/mol. The maximum Gasteiger partial charge on any atom is 0.332 e. The van der Waals surface area contributed by atoms with Crippen LogP contribution in [-0.4, -0.2) is 11.7 Å². The van der Waals surface area contributed by atoms with E-state index < -0.39 is 6.03 Å². The molecule has 0 saturated carbocycles. The average Bonchev–Trinajstić information content (AvgIpc) is 2.07. The summed E-state index contributed by atoms with van der Waals surface area (Å²) in [7, 11) is 0. The molecule has 2 amide bonds. The second kappa shape index (κ2) is 3.82. The highest BCUT2D eigenvalue weighted by molar-refractivity contribution is 6.00. The van der Waals surface area contributed by atoms with Crippen molar-refractivity contribution in [1.29, 1.82) is 0 Å². The van der Waals surface area contributed by atoms with Gasteiger partial charge in [0, 0.05) is 5.41 Å². The molecule has 0 radical (unpaired) electrons. The lowest BCUT2D eigenvalue weighted by Crippen LogP contribution is -2.32. The molecule has 0 aromatic heterocycles. The molecular formula is C10H17N3O. The quantitative estimate of drug-likeness (QED) is 0.615. The van der Waals surface area contributed by atoms with E-state index in [2.05, 4.69) is 31.3 Å². The van der Waals surface area contributed by atoms with Crippen LogP contribution in [0.5, 0.6) is 0 Å². The highest BCUT2D eigenvalue weighted by Crippen LogP contribution is 2.31. The second-order valence-electron chi connectivity index (χ2n) is 4.35. The third-order valence-electron chi connectivity index (χ3n) is 2.51. The zero-order valence-corrected chi connectivity index (χ0v) is 8.92. The fourth-order valence-electron chi connectivity index (χ4n) is 1.44. The second-order valence-corrected chi connectivity index (χ2v) is 4.35. The molecule has 0 saturated heterocycles. The predicted molar refractivity (Wildman–Crippen MR) is 56.9 cm³/mol. The molecule has 3 N–H and O–H groups in total. The predicted octanol–water partition coefficient (Wildman–Crippen LogP) is 1.78. The third-order valence-corrected chi connectivity index (χ3v) is 2.51. The molecule has 0 bridgehead atoms. The fourth-order valence-corrected chi connectivity index (χ4v) is 1.44. The molecule has 0 aliphatic heterocycles. The minimum absolute atomic E-state index is 0.0158. The monoisotopic (exact) mass is 195 g/mol. The highest BCUT2D eigenvalue weighted by Gasteiger charge is 2.27. The summed E-state index contributed by atoms with van der Waals surface area (Å²) >= 11 is 0. The van der Waals surface area contributed by atoms with Crippen molar-refractivity contribution >= 4 is 11.7 Å². The van der Waals surface area contributed by atoms with Gasteiger partial charge in [-0.15, -0.1) is 0 Å². The van der Waals surface area contributed by atoms with Crippen LogP contribution in [0.3, 0.4) is 0 Å². The molecule has 4 heteroatoms. The van der Waals surface area contributed by atoms with E-state index in [0.29, 0.717) is 0 Å². The van der Waals surface area contributed by atoms with Crippen molar-refractivity contribution in [2.75, 3.05) is 0 Å². The van der Waals surface area contributed by atoms with Crippen LogP contribution in [-0.2, 0) is 0 Å². The molecule has 1 rings (SSSR count). The van der Waals surface area contributed by atoms with E-state index in [0.717, 1.165) is 18.6 Å². The van der Waals surface area contributed by atoms with E-state index in [4.69, 9.17) is 5.73 Å². The lowest BCUT2D eigenvalue weighted by Gasteiger charge is -2.29. The largest absolute Gasteiger partial charge is 0.350 e. The first-order chi connectivity index (χ1) is 6.42. The summed E-state index contributed by atoms with van der Waals surface area (Å²) in [6.45, 7) is 6.28. The SMILES string of the molecule is CC1=C/C(=N/NC(N)=O)C(C)(C)CC1. The van der Waals surface area contributed by atoms with E-state index >= 15 is 0 Å². The highest BCUT2D eigenvalue weighted by atomic mass is 16.2. The molecule has 0 heterocycles. The summed E-state index contributed by atoms with van der Waals surface area (Å²) in [5.41, 5.74) is 9.42. The Labute approximate surface area is 84.2 Å². The van der Waals surface area contributed by atoms with Crippen molar-refractivity contribution in [3.05, 3.63) is 11.6 Å². The number of carbonyl (C=O) groups excluding carboxylic acids is 1. The summed E-state index contributed by atoms with van der Waals surface area (Å²) in [5.74, 6) is 0. The van der Waals surface area contributed by atoms with Crippen molar-refractivity contribution in [3.63, 3.8) is 0 Å². The van der Waals surface area contributed by atoms with Gasteiger partial charge >= 0.3 is 6.03 Å². The van der Waals surface area contributed by atoms with E-state index in [1.165, 1.54) is 5.57 Å².